The molecule has 2 heterocycles. The minimum atomic E-state index is -0.526. The van der Waals surface area contributed by atoms with Gasteiger partial charge in [0.1, 0.15) is 0 Å². The molecule has 2 aliphatic heterocycles. The summed E-state index contributed by atoms with van der Waals surface area (Å²) in [4.78, 5) is 41.5. The fraction of sp³-hybridized carbons (Fsp3) is 0.654. The predicted molar refractivity (Wildman–Crippen MR) is 135 cm³/mol. The molecule has 0 bridgehead atoms. The van der Waals surface area contributed by atoms with E-state index >= 15 is 0 Å². The van der Waals surface area contributed by atoms with Crippen molar-refractivity contribution in [3.63, 3.8) is 0 Å². The van der Waals surface area contributed by atoms with Gasteiger partial charge in [-0.3, -0.25) is 14.4 Å². The molecule has 1 aliphatic carbocycles. The van der Waals surface area contributed by atoms with Crippen molar-refractivity contribution >= 4 is 29.5 Å². The molecular weight excluding hydrogens is 448 g/mol. The Morgan fingerprint density at radius 2 is 1.88 bits per heavy atom. The maximum Gasteiger partial charge on any atom is 0.226 e. The van der Waals surface area contributed by atoms with E-state index in [1.165, 1.54) is 5.56 Å². The Morgan fingerprint density at radius 1 is 1.24 bits per heavy atom. The summed E-state index contributed by atoms with van der Waals surface area (Å²) in [5, 5.41) is 6.20. The monoisotopic (exact) mass is 486 g/mol. The smallest absolute Gasteiger partial charge is 0.226 e. The highest BCUT2D eigenvalue weighted by Gasteiger charge is 2.68. The molecule has 34 heavy (non-hydrogen) atoms. The molecule has 1 aromatic carbocycles. The van der Waals surface area contributed by atoms with Crippen molar-refractivity contribution in [2.24, 2.45) is 34.3 Å². The van der Waals surface area contributed by atoms with Crippen LogP contribution in [0.2, 0.25) is 0 Å². The van der Waals surface area contributed by atoms with E-state index in [1.54, 1.807) is 18.8 Å². The van der Waals surface area contributed by atoms with Gasteiger partial charge in [-0.1, -0.05) is 44.2 Å². The van der Waals surface area contributed by atoms with Crippen molar-refractivity contribution in [2.75, 3.05) is 26.7 Å². The number of nitrogens with zero attached hydrogens (tertiary/aromatic N) is 1. The number of primary amides is 1. The van der Waals surface area contributed by atoms with E-state index in [9.17, 15) is 14.4 Å². The third kappa shape index (κ3) is 4.24. The van der Waals surface area contributed by atoms with Crippen LogP contribution in [0.4, 0.5) is 0 Å². The first-order valence-corrected chi connectivity index (χ1v) is 13.1. The molecule has 186 valence electrons. The lowest BCUT2D eigenvalue weighted by atomic mass is 9.58. The second-order valence-corrected chi connectivity index (χ2v) is 13.1. The molecule has 1 spiro atoms. The summed E-state index contributed by atoms with van der Waals surface area (Å²) >= 11 is 1.72. The Bertz CT molecular complexity index is 966. The van der Waals surface area contributed by atoms with Crippen LogP contribution in [-0.2, 0) is 20.1 Å². The number of nitrogens with one attached hydrogen (secondary N) is 2. The fourth-order valence-corrected chi connectivity index (χ4v) is 7.23. The summed E-state index contributed by atoms with van der Waals surface area (Å²) in [6, 6.07) is 9.79. The van der Waals surface area contributed by atoms with E-state index in [-0.39, 0.29) is 35.1 Å². The summed E-state index contributed by atoms with van der Waals surface area (Å²) in [5.74, 6) is -0.532. The molecule has 5 atom stereocenters. The number of nitrogens with two attached hydrogens (primary N) is 1. The third-order valence-electron chi connectivity index (χ3n) is 8.37. The summed E-state index contributed by atoms with van der Waals surface area (Å²) in [5.41, 5.74) is 6.49. The maximum atomic E-state index is 13.6. The van der Waals surface area contributed by atoms with E-state index in [1.807, 2.05) is 23.1 Å². The fourth-order valence-electron chi connectivity index (χ4n) is 6.09. The summed E-state index contributed by atoms with van der Waals surface area (Å²) in [7, 11) is 1.65. The van der Waals surface area contributed by atoms with Gasteiger partial charge in [0, 0.05) is 48.5 Å². The highest BCUT2D eigenvalue weighted by Crippen LogP contribution is 2.58. The Hall–Kier alpha value is -2.06. The highest BCUT2D eigenvalue weighted by atomic mass is 32.2. The number of thioether (sulfide) groups is 1. The van der Waals surface area contributed by atoms with Crippen LogP contribution in [-0.4, -0.2) is 60.1 Å². The van der Waals surface area contributed by atoms with E-state index in [0.29, 0.717) is 19.6 Å². The average Bonchev–Trinajstić information content (AvgIpc) is 3.20. The van der Waals surface area contributed by atoms with Crippen molar-refractivity contribution < 1.29 is 14.4 Å². The molecule has 8 heteroatoms. The quantitative estimate of drug-likeness (QED) is 0.521. The van der Waals surface area contributed by atoms with Crippen molar-refractivity contribution in [2.45, 2.75) is 50.7 Å². The van der Waals surface area contributed by atoms with Gasteiger partial charge in [0.25, 0.3) is 0 Å². The van der Waals surface area contributed by atoms with Gasteiger partial charge in [-0.05, 0) is 31.2 Å². The SMILES string of the molecule is CNC(=O)[C@@H](C1N(C(=O)[C@H]2CC2(C)C)CC12CNCC2C(N)=O)C(C)(C)SCc1ccccc1. The molecule has 4 rings (SSSR count). The molecule has 7 nitrogen and oxygen atoms in total. The van der Waals surface area contributed by atoms with Gasteiger partial charge in [0.2, 0.25) is 17.7 Å². The summed E-state index contributed by atoms with van der Waals surface area (Å²) < 4.78 is -0.490. The van der Waals surface area contributed by atoms with Crippen LogP contribution < -0.4 is 16.4 Å². The first-order chi connectivity index (χ1) is 15.9. The molecular formula is C26H38N4O3S. The Balaban J connectivity index is 1.69. The van der Waals surface area contributed by atoms with Crippen molar-refractivity contribution in [1.82, 2.24) is 15.5 Å². The molecule has 2 saturated heterocycles. The zero-order chi connectivity index (χ0) is 24.9. The Labute approximate surface area is 207 Å². The van der Waals surface area contributed by atoms with E-state index in [2.05, 4.69) is 50.5 Å². The van der Waals surface area contributed by atoms with Gasteiger partial charge in [0.05, 0.1) is 17.9 Å². The first kappa shape index (κ1) is 25.0. The lowest BCUT2D eigenvalue weighted by molar-refractivity contribution is -0.174. The van der Waals surface area contributed by atoms with Gasteiger partial charge < -0.3 is 21.3 Å². The van der Waals surface area contributed by atoms with Gasteiger partial charge >= 0.3 is 0 Å². The molecule has 3 unspecified atom stereocenters. The van der Waals surface area contributed by atoms with Crippen molar-refractivity contribution in [3.8, 4) is 0 Å². The van der Waals surface area contributed by atoms with Gasteiger partial charge in [-0.25, -0.2) is 0 Å². The lowest BCUT2D eigenvalue weighted by Crippen LogP contribution is -2.76. The summed E-state index contributed by atoms with van der Waals surface area (Å²) in [6.07, 6.45) is 0.857. The molecule has 3 aliphatic rings. The normalized spacial score (nSPS) is 30.5. The van der Waals surface area contributed by atoms with Crippen molar-refractivity contribution in [3.05, 3.63) is 35.9 Å². The zero-order valence-corrected chi connectivity index (χ0v) is 21.7. The van der Waals surface area contributed by atoms with E-state index < -0.39 is 22.0 Å². The maximum absolute atomic E-state index is 13.6. The molecule has 3 amide bonds. The minimum absolute atomic E-state index is 0.0124. The molecule has 4 N–H and O–H groups in total. The number of hydrogen-bond acceptors (Lipinski definition) is 5. The topological polar surface area (TPSA) is 105 Å². The number of carbonyl (C=O) groups excluding carboxylic acids is 3. The van der Waals surface area contributed by atoms with Crippen LogP contribution in [0.15, 0.2) is 30.3 Å². The average molecular weight is 487 g/mol. The van der Waals surface area contributed by atoms with Crippen LogP contribution >= 0.6 is 11.8 Å². The van der Waals surface area contributed by atoms with Crippen LogP contribution in [0.3, 0.4) is 0 Å². The number of rotatable bonds is 8. The van der Waals surface area contributed by atoms with E-state index in [4.69, 9.17) is 5.73 Å². The summed E-state index contributed by atoms with van der Waals surface area (Å²) in [6.45, 7) is 9.92. The van der Waals surface area contributed by atoms with Gasteiger partial charge in [0.15, 0.2) is 0 Å². The molecule has 1 aromatic rings. The van der Waals surface area contributed by atoms with Crippen LogP contribution in [0, 0.1) is 28.6 Å². The Morgan fingerprint density at radius 3 is 2.44 bits per heavy atom. The van der Waals surface area contributed by atoms with Crippen LogP contribution in [0.25, 0.3) is 0 Å². The molecule has 0 aromatic heterocycles. The number of benzene rings is 1. The van der Waals surface area contributed by atoms with Crippen LogP contribution in [0.5, 0.6) is 0 Å². The molecule has 1 saturated carbocycles. The minimum Gasteiger partial charge on any atom is -0.369 e. The number of likely N-dealkylation sites (tertiary alicyclic amines) is 1. The van der Waals surface area contributed by atoms with Crippen LogP contribution in [0.1, 0.15) is 39.7 Å². The number of carbonyl (C=O) groups is 3. The lowest BCUT2D eigenvalue weighted by Gasteiger charge is -2.62. The number of hydrogen-bond donors (Lipinski definition) is 3. The molecule has 0 radical (unpaired) electrons. The largest absolute Gasteiger partial charge is 0.369 e. The number of amides is 3. The zero-order valence-electron chi connectivity index (χ0n) is 20.9. The highest BCUT2D eigenvalue weighted by molar-refractivity contribution is 7.99. The first-order valence-electron chi connectivity index (χ1n) is 12.1. The van der Waals surface area contributed by atoms with Gasteiger partial charge in [-0.2, -0.15) is 11.8 Å². The predicted octanol–water partition coefficient (Wildman–Crippen LogP) is 2.01. The van der Waals surface area contributed by atoms with Crippen molar-refractivity contribution in [1.29, 1.82) is 0 Å². The third-order valence-corrected chi connectivity index (χ3v) is 9.85. The second kappa shape index (κ2) is 8.86. The standard InChI is InChI=1S/C26H38N4O3S/c1-24(2)11-17(24)23(33)30-15-26(14-29-12-18(26)21(27)31)20(30)19(22(32)28-5)25(3,4)34-13-16-9-7-6-8-10-16/h6-10,17-20,29H,11-15H2,1-5H3,(H2,27,31)(H,28,32)/t17-,18?,19-,20?,26?/m1/s1. The second-order valence-electron chi connectivity index (χ2n) is 11.4. The Kier molecular flexibility index (Phi) is 6.53. The molecule has 3 fully saturated rings. The van der Waals surface area contributed by atoms with E-state index in [0.717, 1.165) is 12.2 Å². The van der Waals surface area contributed by atoms with Gasteiger partial charge in [-0.15, -0.1) is 0 Å².